The van der Waals surface area contributed by atoms with Gasteiger partial charge in [0.25, 0.3) is 5.88 Å². The summed E-state index contributed by atoms with van der Waals surface area (Å²) in [7, 11) is 1.65. The lowest BCUT2D eigenvalue weighted by Crippen LogP contribution is -2.16. The zero-order valence-corrected chi connectivity index (χ0v) is 9.97. The van der Waals surface area contributed by atoms with E-state index in [1.54, 1.807) is 14.0 Å². The van der Waals surface area contributed by atoms with Crippen molar-refractivity contribution < 1.29 is 9.66 Å². The number of ether oxygens (including phenoxy) is 1. The average Bonchev–Trinajstić information content (AvgIpc) is 2.83. The predicted octanol–water partition coefficient (Wildman–Crippen LogP) is 0.625. The van der Waals surface area contributed by atoms with E-state index in [1.807, 2.05) is 0 Å². The van der Waals surface area contributed by atoms with Crippen LogP contribution in [-0.4, -0.2) is 34.4 Å². The van der Waals surface area contributed by atoms with Gasteiger partial charge in [0.05, 0.1) is 11.5 Å². The standard InChI is InChI=1S/C10H16N4O3/c1-7-9(14(15)16)10(13(2)12-7)17-6-8-3-4-11-5-8/h8,11H,3-6H2,1-2H3. The quantitative estimate of drug-likeness (QED) is 0.616. The highest BCUT2D eigenvalue weighted by Crippen LogP contribution is 2.30. The van der Waals surface area contributed by atoms with Crippen molar-refractivity contribution in [2.75, 3.05) is 19.7 Å². The van der Waals surface area contributed by atoms with Crippen LogP contribution in [0.1, 0.15) is 12.1 Å². The monoisotopic (exact) mass is 240 g/mol. The first-order chi connectivity index (χ1) is 8.09. The number of nitro groups is 1. The van der Waals surface area contributed by atoms with Crippen molar-refractivity contribution in [1.82, 2.24) is 15.1 Å². The topological polar surface area (TPSA) is 82.2 Å². The number of nitrogens with one attached hydrogen (secondary N) is 1. The minimum Gasteiger partial charge on any atom is -0.473 e. The van der Waals surface area contributed by atoms with Crippen molar-refractivity contribution in [1.29, 1.82) is 0 Å². The van der Waals surface area contributed by atoms with Crippen LogP contribution in [0.2, 0.25) is 0 Å². The van der Waals surface area contributed by atoms with Crippen LogP contribution in [0.25, 0.3) is 0 Å². The lowest BCUT2D eigenvalue weighted by Gasteiger charge is -2.09. The summed E-state index contributed by atoms with van der Waals surface area (Å²) in [5, 5.41) is 18.2. The molecule has 0 aromatic carbocycles. The van der Waals surface area contributed by atoms with Gasteiger partial charge in [-0.1, -0.05) is 0 Å². The van der Waals surface area contributed by atoms with Crippen LogP contribution in [0.4, 0.5) is 5.69 Å². The Labute approximate surface area is 98.9 Å². The smallest absolute Gasteiger partial charge is 0.353 e. The largest absolute Gasteiger partial charge is 0.473 e. The van der Waals surface area contributed by atoms with Crippen LogP contribution in [0.3, 0.4) is 0 Å². The average molecular weight is 240 g/mol. The van der Waals surface area contributed by atoms with E-state index in [0.717, 1.165) is 19.5 Å². The summed E-state index contributed by atoms with van der Waals surface area (Å²) in [6, 6.07) is 0. The fraction of sp³-hybridized carbons (Fsp3) is 0.700. The molecule has 0 amide bonds. The zero-order valence-electron chi connectivity index (χ0n) is 9.97. The molecule has 1 saturated heterocycles. The maximum atomic E-state index is 10.9. The molecule has 0 aliphatic carbocycles. The van der Waals surface area contributed by atoms with Crippen LogP contribution in [0.5, 0.6) is 5.88 Å². The third-order valence-corrected chi connectivity index (χ3v) is 2.94. The van der Waals surface area contributed by atoms with E-state index < -0.39 is 4.92 Å². The number of hydrogen-bond donors (Lipinski definition) is 1. The van der Waals surface area contributed by atoms with E-state index in [2.05, 4.69) is 10.4 Å². The normalized spacial score (nSPS) is 19.5. The molecule has 7 nitrogen and oxygen atoms in total. The SMILES string of the molecule is Cc1nn(C)c(OCC2CCNC2)c1[N+](=O)[O-]. The second kappa shape index (κ2) is 4.70. The van der Waals surface area contributed by atoms with Crippen LogP contribution < -0.4 is 10.1 Å². The van der Waals surface area contributed by atoms with Crippen molar-refractivity contribution in [3.05, 3.63) is 15.8 Å². The van der Waals surface area contributed by atoms with Crippen LogP contribution in [-0.2, 0) is 7.05 Å². The second-order valence-electron chi connectivity index (χ2n) is 4.29. The fourth-order valence-electron chi connectivity index (χ4n) is 2.05. The van der Waals surface area contributed by atoms with Gasteiger partial charge in [-0.3, -0.25) is 10.1 Å². The first kappa shape index (κ1) is 11.8. The third-order valence-electron chi connectivity index (χ3n) is 2.94. The van der Waals surface area contributed by atoms with Crippen molar-refractivity contribution in [3.8, 4) is 5.88 Å². The lowest BCUT2D eigenvalue weighted by atomic mass is 10.1. The van der Waals surface area contributed by atoms with Gasteiger partial charge in [0.1, 0.15) is 5.69 Å². The van der Waals surface area contributed by atoms with Gasteiger partial charge in [0, 0.05) is 19.5 Å². The third kappa shape index (κ3) is 2.38. The number of aryl methyl sites for hydroxylation is 2. The molecule has 0 radical (unpaired) electrons. The van der Waals surface area contributed by atoms with E-state index in [0.29, 0.717) is 18.2 Å². The summed E-state index contributed by atoms with van der Waals surface area (Å²) >= 11 is 0. The predicted molar refractivity (Wildman–Crippen MR) is 61.1 cm³/mol. The van der Waals surface area contributed by atoms with E-state index in [4.69, 9.17) is 4.74 Å². The Bertz CT molecular complexity index is 423. The zero-order chi connectivity index (χ0) is 12.4. The molecule has 2 heterocycles. The first-order valence-corrected chi connectivity index (χ1v) is 5.61. The molecule has 1 aliphatic heterocycles. The number of rotatable bonds is 4. The van der Waals surface area contributed by atoms with E-state index in [-0.39, 0.29) is 11.6 Å². The summed E-state index contributed by atoms with van der Waals surface area (Å²) in [5.74, 6) is 0.671. The molecule has 94 valence electrons. The summed E-state index contributed by atoms with van der Waals surface area (Å²) in [6.45, 7) is 4.00. The van der Waals surface area contributed by atoms with Gasteiger partial charge in [-0.25, -0.2) is 4.68 Å². The summed E-state index contributed by atoms with van der Waals surface area (Å²) in [4.78, 5) is 10.5. The van der Waals surface area contributed by atoms with Crippen molar-refractivity contribution in [2.45, 2.75) is 13.3 Å². The Kier molecular flexibility index (Phi) is 3.28. The van der Waals surface area contributed by atoms with Gasteiger partial charge in [-0.2, -0.15) is 5.10 Å². The molecule has 1 unspecified atom stereocenters. The van der Waals surface area contributed by atoms with Gasteiger partial charge in [0.15, 0.2) is 0 Å². The summed E-state index contributed by atoms with van der Waals surface area (Å²) in [5.41, 5.74) is 0.357. The van der Waals surface area contributed by atoms with Gasteiger partial charge >= 0.3 is 5.69 Å². The van der Waals surface area contributed by atoms with Gasteiger partial charge in [-0.05, 0) is 19.9 Å². The highest BCUT2D eigenvalue weighted by atomic mass is 16.6. The molecule has 1 N–H and O–H groups in total. The molecule has 0 saturated carbocycles. The Balaban J connectivity index is 2.11. The maximum absolute atomic E-state index is 10.9. The molecule has 7 heteroatoms. The minimum absolute atomic E-state index is 0.0292. The van der Waals surface area contributed by atoms with Crippen molar-refractivity contribution in [2.24, 2.45) is 13.0 Å². The number of aromatic nitrogens is 2. The Morgan fingerprint density at radius 3 is 3.06 bits per heavy atom. The fourth-order valence-corrected chi connectivity index (χ4v) is 2.05. The number of hydrogen-bond acceptors (Lipinski definition) is 5. The molecular weight excluding hydrogens is 224 g/mol. The molecular formula is C10H16N4O3. The first-order valence-electron chi connectivity index (χ1n) is 5.61. The molecule has 1 aromatic heterocycles. The molecule has 1 aliphatic rings. The second-order valence-corrected chi connectivity index (χ2v) is 4.29. The van der Waals surface area contributed by atoms with E-state index >= 15 is 0 Å². The van der Waals surface area contributed by atoms with E-state index in [1.165, 1.54) is 4.68 Å². The molecule has 17 heavy (non-hydrogen) atoms. The Hall–Kier alpha value is -1.63. The molecule has 0 bridgehead atoms. The van der Waals surface area contributed by atoms with Gasteiger partial charge < -0.3 is 10.1 Å². The van der Waals surface area contributed by atoms with E-state index in [9.17, 15) is 10.1 Å². The summed E-state index contributed by atoms with van der Waals surface area (Å²) in [6.07, 6.45) is 1.05. The lowest BCUT2D eigenvalue weighted by molar-refractivity contribution is -0.386. The van der Waals surface area contributed by atoms with Gasteiger partial charge in [0.2, 0.25) is 0 Å². The highest BCUT2D eigenvalue weighted by Gasteiger charge is 2.26. The number of nitrogens with zero attached hydrogens (tertiary/aromatic N) is 3. The van der Waals surface area contributed by atoms with Crippen LogP contribution in [0.15, 0.2) is 0 Å². The molecule has 1 atom stereocenters. The van der Waals surface area contributed by atoms with Crippen LogP contribution in [0, 0.1) is 23.0 Å². The Morgan fingerprint density at radius 1 is 1.71 bits per heavy atom. The Morgan fingerprint density at radius 2 is 2.47 bits per heavy atom. The highest BCUT2D eigenvalue weighted by molar-refractivity contribution is 5.45. The molecule has 0 spiro atoms. The molecule has 1 aromatic rings. The molecule has 1 fully saturated rings. The van der Waals surface area contributed by atoms with Crippen LogP contribution >= 0.6 is 0 Å². The summed E-state index contributed by atoms with van der Waals surface area (Å²) < 4.78 is 6.98. The molecule has 2 rings (SSSR count). The van der Waals surface area contributed by atoms with Crippen molar-refractivity contribution >= 4 is 5.69 Å². The minimum atomic E-state index is -0.440. The maximum Gasteiger partial charge on any atom is 0.353 e. The van der Waals surface area contributed by atoms with Crippen molar-refractivity contribution in [3.63, 3.8) is 0 Å². The van der Waals surface area contributed by atoms with Gasteiger partial charge in [-0.15, -0.1) is 0 Å².